The first-order valence-corrected chi connectivity index (χ1v) is 9.17. The summed E-state index contributed by atoms with van der Waals surface area (Å²) in [5.74, 6) is -0.239. The third-order valence-corrected chi connectivity index (χ3v) is 4.55. The van der Waals surface area contributed by atoms with Crippen molar-refractivity contribution in [2.45, 2.75) is 34.2 Å². The summed E-state index contributed by atoms with van der Waals surface area (Å²) < 4.78 is 15.0. The molecule has 0 bridgehead atoms. The van der Waals surface area contributed by atoms with Gasteiger partial charge in [0.15, 0.2) is 5.11 Å². The molecular weight excluding hydrogens is 359 g/mol. The molecule has 27 heavy (non-hydrogen) atoms. The Labute approximate surface area is 164 Å². The van der Waals surface area contributed by atoms with Crippen LogP contribution in [0.15, 0.2) is 42.5 Å². The van der Waals surface area contributed by atoms with Crippen LogP contribution in [0.2, 0.25) is 0 Å². The van der Waals surface area contributed by atoms with E-state index in [1.807, 2.05) is 18.5 Å². The number of hydrogen-bond acceptors (Lipinski definition) is 2. The second-order valence-corrected chi connectivity index (χ2v) is 7.19. The smallest absolute Gasteiger partial charge is 0.175 e. The largest absolute Gasteiger partial charge is 0.332 e. The fourth-order valence-electron chi connectivity index (χ4n) is 3.12. The van der Waals surface area contributed by atoms with Crippen molar-refractivity contribution in [1.82, 2.24) is 9.78 Å². The molecule has 0 saturated carbocycles. The van der Waals surface area contributed by atoms with Crippen molar-refractivity contribution < 1.29 is 4.39 Å². The summed E-state index contributed by atoms with van der Waals surface area (Å²) in [6.45, 7) is 8.62. The summed E-state index contributed by atoms with van der Waals surface area (Å²) in [6, 6.07) is 12.7. The van der Waals surface area contributed by atoms with Crippen LogP contribution in [-0.2, 0) is 6.54 Å². The lowest BCUT2D eigenvalue weighted by atomic mass is 10.1. The van der Waals surface area contributed by atoms with Gasteiger partial charge in [0.2, 0.25) is 0 Å². The second kappa shape index (κ2) is 7.88. The molecule has 3 rings (SSSR count). The standard InChI is InChI=1S/C21H23FN4S/c1-13-9-14(2)11-19(10-13)23-21(27)24-20-15(3)25-26(16(20)4)12-17-5-7-18(22)8-6-17/h5-11H,12H2,1-4H3,(H2,23,24,27). The van der Waals surface area contributed by atoms with Gasteiger partial charge in [0.1, 0.15) is 5.82 Å². The van der Waals surface area contributed by atoms with E-state index in [0.29, 0.717) is 11.7 Å². The third-order valence-electron chi connectivity index (χ3n) is 4.35. The number of rotatable bonds is 4. The first-order valence-electron chi connectivity index (χ1n) is 8.76. The van der Waals surface area contributed by atoms with Crippen LogP contribution in [0.3, 0.4) is 0 Å². The number of hydrogen-bond donors (Lipinski definition) is 2. The zero-order valence-electron chi connectivity index (χ0n) is 15.9. The molecule has 0 fully saturated rings. The monoisotopic (exact) mass is 382 g/mol. The molecule has 2 N–H and O–H groups in total. The van der Waals surface area contributed by atoms with E-state index in [-0.39, 0.29) is 5.82 Å². The summed E-state index contributed by atoms with van der Waals surface area (Å²) >= 11 is 5.48. The average molecular weight is 383 g/mol. The molecule has 140 valence electrons. The van der Waals surface area contributed by atoms with Crippen molar-refractivity contribution in [2.75, 3.05) is 10.6 Å². The Hall–Kier alpha value is -2.73. The minimum atomic E-state index is -0.239. The summed E-state index contributed by atoms with van der Waals surface area (Å²) in [6.07, 6.45) is 0. The highest BCUT2D eigenvalue weighted by Crippen LogP contribution is 2.21. The first-order chi connectivity index (χ1) is 12.8. The maximum absolute atomic E-state index is 13.1. The molecule has 6 heteroatoms. The van der Waals surface area contributed by atoms with Crippen molar-refractivity contribution in [3.05, 3.63) is 76.4 Å². The van der Waals surface area contributed by atoms with Crippen molar-refractivity contribution >= 4 is 28.7 Å². The van der Waals surface area contributed by atoms with E-state index in [9.17, 15) is 4.39 Å². The molecule has 0 atom stereocenters. The molecule has 0 amide bonds. The molecule has 1 aromatic heterocycles. The average Bonchev–Trinajstić information content (AvgIpc) is 2.83. The first kappa shape index (κ1) is 19.0. The van der Waals surface area contributed by atoms with Gasteiger partial charge < -0.3 is 10.6 Å². The van der Waals surface area contributed by atoms with Crippen LogP contribution in [0.25, 0.3) is 0 Å². The molecule has 2 aromatic carbocycles. The molecule has 3 aromatic rings. The molecular formula is C21H23FN4S. The number of halogens is 1. The maximum Gasteiger partial charge on any atom is 0.175 e. The molecule has 0 unspecified atom stereocenters. The Balaban J connectivity index is 1.74. The number of aromatic nitrogens is 2. The van der Waals surface area contributed by atoms with Crippen LogP contribution in [0.5, 0.6) is 0 Å². The lowest BCUT2D eigenvalue weighted by molar-refractivity contribution is 0.622. The Morgan fingerprint density at radius 3 is 2.26 bits per heavy atom. The Morgan fingerprint density at radius 2 is 1.63 bits per heavy atom. The van der Waals surface area contributed by atoms with E-state index in [2.05, 4.69) is 47.8 Å². The summed E-state index contributed by atoms with van der Waals surface area (Å²) in [4.78, 5) is 0. The Bertz CT molecular complexity index is 956. The van der Waals surface area contributed by atoms with Crippen molar-refractivity contribution in [1.29, 1.82) is 0 Å². The number of nitrogens with zero attached hydrogens (tertiary/aromatic N) is 2. The van der Waals surface area contributed by atoms with E-state index < -0.39 is 0 Å². The van der Waals surface area contributed by atoms with Crippen LogP contribution in [0.1, 0.15) is 28.1 Å². The molecule has 0 spiro atoms. The highest BCUT2D eigenvalue weighted by Gasteiger charge is 2.13. The van der Waals surface area contributed by atoms with Gasteiger partial charge in [-0.2, -0.15) is 5.10 Å². The van der Waals surface area contributed by atoms with Gasteiger partial charge in [0.05, 0.1) is 23.6 Å². The number of anilines is 2. The van der Waals surface area contributed by atoms with Crippen molar-refractivity contribution in [2.24, 2.45) is 0 Å². The van der Waals surface area contributed by atoms with Crippen LogP contribution >= 0.6 is 12.2 Å². The van der Waals surface area contributed by atoms with Gasteiger partial charge in [0, 0.05) is 5.69 Å². The van der Waals surface area contributed by atoms with E-state index >= 15 is 0 Å². The van der Waals surface area contributed by atoms with Gasteiger partial charge in [-0.1, -0.05) is 18.2 Å². The zero-order valence-corrected chi connectivity index (χ0v) is 16.7. The third kappa shape index (κ3) is 4.71. The lowest BCUT2D eigenvalue weighted by Gasteiger charge is -2.12. The number of nitrogens with one attached hydrogen (secondary N) is 2. The summed E-state index contributed by atoms with van der Waals surface area (Å²) in [7, 11) is 0. The number of aryl methyl sites for hydroxylation is 3. The minimum absolute atomic E-state index is 0.239. The van der Waals surface area contributed by atoms with Gasteiger partial charge in [0.25, 0.3) is 0 Å². The predicted octanol–water partition coefficient (Wildman–Crippen LogP) is 5.11. The van der Waals surface area contributed by atoms with Crippen molar-refractivity contribution in [3.8, 4) is 0 Å². The molecule has 0 aliphatic heterocycles. The number of benzene rings is 2. The van der Waals surface area contributed by atoms with E-state index in [1.165, 1.54) is 23.3 Å². The van der Waals surface area contributed by atoms with Gasteiger partial charge >= 0.3 is 0 Å². The summed E-state index contributed by atoms with van der Waals surface area (Å²) in [5, 5.41) is 11.6. The van der Waals surface area contributed by atoms with Crippen LogP contribution in [0.4, 0.5) is 15.8 Å². The number of thiocarbonyl (C=S) groups is 1. The fourth-order valence-corrected chi connectivity index (χ4v) is 3.34. The van der Waals surface area contributed by atoms with E-state index in [1.54, 1.807) is 12.1 Å². The highest BCUT2D eigenvalue weighted by molar-refractivity contribution is 7.80. The Morgan fingerprint density at radius 1 is 1.00 bits per heavy atom. The molecule has 1 heterocycles. The van der Waals surface area contributed by atoms with Gasteiger partial charge in [-0.05, 0) is 80.9 Å². The van der Waals surface area contributed by atoms with Gasteiger partial charge in [-0.3, -0.25) is 4.68 Å². The molecule has 0 aliphatic rings. The van der Waals surface area contributed by atoms with Crippen LogP contribution in [0, 0.1) is 33.5 Å². The van der Waals surface area contributed by atoms with Crippen molar-refractivity contribution in [3.63, 3.8) is 0 Å². The molecule has 0 aliphatic carbocycles. The highest BCUT2D eigenvalue weighted by atomic mass is 32.1. The van der Waals surface area contributed by atoms with E-state index in [4.69, 9.17) is 12.2 Å². The van der Waals surface area contributed by atoms with Gasteiger partial charge in [-0.25, -0.2) is 4.39 Å². The summed E-state index contributed by atoms with van der Waals surface area (Å²) in [5.41, 5.74) is 7.03. The van der Waals surface area contributed by atoms with Gasteiger partial charge in [-0.15, -0.1) is 0 Å². The van der Waals surface area contributed by atoms with E-state index in [0.717, 1.165) is 28.3 Å². The maximum atomic E-state index is 13.1. The quantitative estimate of drug-likeness (QED) is 0.615. The second-order valence-electron chi connectivity index (χ2n) is 6.79. The van der Waals surface area contributed by atoms with Crippen LogP contribution in [-0.4, -0.2) is 14.9 Å². The SMILES string of the molecule is Cc1cc(C)cc(NC(=S)Nc2c(C)nn(Cc3ccc(F)cc3)c2C)c1. The molecule has 4 nitrogen and oxygen atoms in total. The predicted molar refractivity (Wildman–Crippen MR) is 113 cm³/mol. The molecule has 0 saturated heterocycles. The Kier molecular flexibility index (Phi) is 5.56. The lowest BCUT2D eigenvalue weighted by Crippen LogP contribution is -2.20. The topological polar surface area (TPSA) is 41.9 Å². The minimum Gasteiger partial charge on any atom is -0.332 e. The van der Waals surface area contributed by atoms with Crippen LogP contribution < -0.4 is 10.6 Å². The fraction of sp³-hybridized carbons (Fsp3) is 0.238. The molecule has 0 radical (unpaired) electrons. The normalized spacial score (nSPS) is 10.7. The zero-order chi connectivity index (χ0) is 19.6.